The van der Waals surface area contributed by atoms with Crippen LogP contribution in [0.2, 0.25) is 0 Å². The van der Waals surface area contributed by atoms with Gasteiger partial charge in [-0.15, -0.1) is 0 Å². The van der Waals surface area contributed by atoms with Crippen molar-refractivity contribution in [3.63, 3.8) is 0 Å². The molecular formula is C19H23N3O3. The normalized spacial score (nSPS) is 16.1. The van der Waals surface area contributed by atoms with Crippen molar-refractivity contribution in [2.24, 2.45) is 0 Å². The summed E-state index contributed by atoms with van der Waals surface area (Å²) in [4.78, 5) is 30.7. The number of carbonyl (C=O) groups is 2. The lowest BCUT2D eigenvalue weighted by Gasteiger charge is -2.37. The lowest BCUT2D eigenvalue weighted by Crippen LogP contribution is -2.46. The van der Waals surface area contributed by atoms with Gasteiger partial charge in [-0.2, -0.15) is 0 Å². The number of anilines is 1. The fraction of sp³-hybridized carbons (Fsp3) is 0.368. The van der Waals surface area contributed by atoms with Crippen LogP contribution in [0, 0.1) is 0 Å². The van der Waals surface area contributed by atoms with E-state index in [2.05, 4.69) is 16.8 Å². The van der Waals surface area contributed by atoms with E-state index in [1.807, 2.05) is 24.3 Å². The number of benzene rings is 1. The fourth-order valence-electron chi connectivity index (χ4n) is 3.09. The predicted octanol–water partition coefficient (Wildman–Crippen LogP) is 2.58. The molecule has 2 aromatic rings. The second kappa shape index (κ2) is 7.01. The maximum atomic E-state index is 12.6. The quantitative estimate of drug-likeness (QED) is 0.849. The van der Waals surface area contributed by atoms with E-state index in [-0.39, 0.29) is 17.8 Å². The monoisotopic (exact) mass is 341 g/mol. The summed E-state index contributed by atoms with van der Waals surface area (Å²) < 4.78 is 6.06. The number of H-pyrrole nitrogens is 1. The molecule has 0 unspecified atom stereocenters. The molecule has 0 saturated heterocycles. The Balaban J connectivity index is 1.69. The summed E-state index contributed by atoms with van der Waals surface area (Å²) in [6, 6.07) is 9.55. The van der Waals surface area contributed by atoms with Gasteiger partial charge in [0.15, 0.2) is 5.78 Å². The highest BCUT2D eigenvalue weighted by molar-refractivity contribution is 5.99. The number of hydrogen-bond donors (Lipinski definition) is 1. The summed E-state index contributed by atoms with van der Waals surface area (Å²) >= 11 is 0. The number of ketones is 1. The van der Waals surface area contributed by atoms with Gasteiger partial charge in [0.05, 0.1) is 18.8 Å². The molecule has 0 saturated carbocycles. The Morgan fingerprint density at radius 2 is 2.12 bits per heavy atom. The number of likely N-dealkylation sites (N-methyl/N-ethyl adjacent to an activating group) is 2. The number of ether oxygens (including phenoxy) is 1. The molecule has 0 bridgehead atoms. The summed E-state index contributed by atoms with van der Waals surface area (Å²) in [5.74, 6) is 0.627. The molecule has 1 N–H and O–H groups in total. The van der Waals surface area contributed by atoms with Gasteiger partial charge in [0.25, 0.3) is 5.91 Å². The summed E-state index contributed by atoms with van der Waals surface area (Å²) in [5, 5.41) is 0. The number of aromatic nitrogens is 1. The molecule has 1 aromatic carbocycles. The van der Waals surface area contributed by atoms with Crippen LogP contribution in [0.1, 0.15) is 34.7 Å². The Labute approximate surface area is 147 Å². The molecule has 0 fully saturated rings. The van der Waals surface area contributed by atoms with Crippen LogP contribution in [0.15, 0.2) is 36.5 Å². The number of para-hydroxylation sites is 2. The number of hydrogen-bond acceptors (Lipinski definition) is 4. The van der Waals surface area contributed by atoms with Gasteiger partial charge in [0.2, 0.25) is 0 Å². The average Bonchev–Trinajstić information content (AvgIpc) is 3.10. The van der Waals surface area contributed by atoms with E-state index in [1.165, 1.54) is 6.92 Å². The van der Waals surface area contributed by atoms with Crippen molar-refractivity contribution in [1.29, 1.82) is 0 Å². The van der Waals surface area contributed by atoms with Gasteiger partial charge in [-0.1, -0.05) is 12.1 Å². The van der Waals surface area contributed by atoms with Gasteiger partial charge >= 0.3 is 0 Å². The first-order valence-corrected chi connectivity index (χ1v) is 8.45. The molecule has 2 heterocycles. The van der Waals surface area contributed by atoms with Crippen molar-refractivity contribution in [1.82, 2.24) is 9.88 Å². The van der Waals surface area contributed by atoms with Gasteiger partial charge in [0.1, 0.15) is 17.5 Å². The van der Waals surface area contributed by atoms with Crippen LogP contribution < -0.4 is 9.64 Å². The SMILES string of the molecule is CCN1C[C@@H](CN(C)C(=O)c2cc(C(C)=O)c[nH]2)Oc2ccccc21. The van der Waals surface area contributed by atoms with E-state index in [0.29, 0.717) is 17.8 Å². The van der Waals surface area contributed by atoms with Crippen molar-refractivity contribution in [3.05, 3.63) is 47.8 Å². The Hall–Kier alpha value is -2.76. The second-order valence-electron chi connectivity index (χ2n) is 6.29. The highest BCUT2D eigenvalue weighted by Gasteiger charge is 2.27. The third kappa shape index (κ3) is 3.52. The molecule has 3 rings (SSSR count). The van der Waals surface area contributed by atoms with Crippen LogP contribution in [0.25, 0.3) is 0 Å². The van der Waals surface area contributed by atoms with E-state index in [9.17, 15) is 9.59 Å². The molecule has 6 heteroatoms. The zero-order chi connectivity index (χ0) is 18.0. The minimum absolute atomic E-state index is 0.0660. The number of fused-ring (bicyclic) bond motifs is 1. The molecule has 0 radical (unpaired) electrons. The largest absolute Gasteiger partial charge is 0.485 e. The van der Waals surface area contributed by atoms with Gasteiger partial charge in [-0.05, 0) is 32.0 Å². The molecule has 1 amide bonds. The highest BCUT2D eigenvalue weighted by Crippen LogP contribution is 2.32. The van der Waals surface area contributed by atoms with Crippen molar-refractivity contribution >= 4 is 17.4 Å². The minimum atomic E-state index is -0.155. The average molecular weight is 341 g/mol. The van der Waals surface area contributed by atoms with Gasteiger partial charge < -0.3 is 19.5 Å². The highest BCUT2D eigenvalue weighted by atomic mass is 16.5. The van der Waals surface area contributed by atoms with E-state index in [1.54, 1.807) is 24.2 Å². The lowest BCUT2D eigenvalue weighted by atomic mass is 10.1. The molecule has 0 aliphatic carbocycles. The zero-order valence-corrected chi connectivity index (χ0v) is 14.8. The van der Waals surface area contributed by atoms with Gasteiger partial charge in [-0.3, -0.25) is 9.59 Å². The van der Waals surface area contributed by atoms with Crippen LogP contribution >= 0.6 is 0 Å². The third-order valence-corrected chi connectivity index (χ3v) is 4.45. The summed E-state index contributed by atoms with van der Waals surface area (Å²) in [6.07, 6.45) is 1.46. The standard InChI is InChI=1S/C19H23N3O3/c1-4-22-12-15(25-18-8-6-5-7-17(18)22)11-21(3)19(24)16-9-14(10-20-16)13(2)23/h5-10,15,20H,4,11-12H2,1-3H3/t15-/m1/s1. The maximum Gasteiger partial charge on any atom is 0.270 e. The van der Waals surface area contributed by atoms with Gasteiger partial charge in [-0.25, -0.2) is 0 Å². The van der Waals surface area contributed by atoms with Crippen molar-refractivity contribution in [2.75, 3.05) is 31.6 Å². The molecule has 1 aliphatic heterocycles. The van der Waals surface area contributed by atoms with Crippen LogP contribution in [0.3, 0.4) is 0 Å². The second-order valence-corrected chi connectivity index (χ2v) is 6.29. The Morgan fingerprint density at radius 1 is 1.36 bits per heavy atom. The summed E-state index contributed by atoms with van der Waals surface area (Å²) in [6.45, 7) is 5.67. The molecule has 0 spiro atoms. The van der Waals surface area contributed by atoms with Crippen molar-refractivity contribution < 1.29 is 14.3 Å². The molecule has 132 valence electrons. The molecular weight excluding hydrogens is 318 g/mol. The van der Waals surface area contributed by atoms with Crippen LogP contribution in [0.4, 0.5) is 5.69 Å². The maximum absolute atomic E-state index is 12.6. The topological polar surface area (TPSA) is 65.6 Å². The van der Waals surface area contributed by atoms with E-state index < -0.39 is 0 Å². The number of aromatic amines is 1. The van der Waals surface area contributed by atoms with E-state index >= 15 is 0 Å². The van der Waals surface area contributed by atoms with Crippen molar-refractivity contribution in [3.8, 4) is 5.75 Å². The fourth-order valence-corrected chi connectivity index (χ4v) is 3.09. The number of Topliss-reactive ketones (excluding diaryl/α,β-unsaturated/α-hetero) is 1. The number of nitrogens with zero attached hydrogens (tertiary/aromatic N) is 2. The smallest absolute Gasteiger partial charge is 0.270 e. The Bertz CT molecular complexity index is 784. The summed E-state index contributed by atoms with van der Waals surface area (Å²) in [5.41, 5.74) is 2.01. The molecule has 25 heavy (non-hydrogen) atoms. The van der Waals surface area contributed by atoms with Crippen LogP contribution in [-0.4, -0.2) is 54.4 Å². The zero-order valence-electron chi connectivity index (χ0n) is 14.8. The lowest BCUT2D eigenvalue weighted by molar-refractivity contribution is 0.0704. The number of amides is 1. The van der Waals surface area contributed by atoms with Crippen LogP contribution in [0.5, 0.6) is 5.75 Å². The molecule has 1 aromatic heterocycles. The third-order valence-electron chi connectivity index (χ3n) is 4.45. The predicted molar refractivity (Wildman–Crippen MR) is 96.5 cm³/mol. The Morgan fingerprint density at radius 3 is 2.80 bits per heavy atom. The van der Waals surface area contributed by atoms with Crippen molar-refractivity contribution in [2.45, 2.75) is 20.0 Å². The first-order valence-electron chi connectivity index (χ1n) is 8.45. The number of rotatable bonds is 5. The van der Waals surface area contributed by atoms with Crippen LogP contribution in [-0.2, 0) is 0 Å². The van der Waals surface area contributed by atoms with Gasteiger partial charge in [0, 0.05) is 25.4 Å². The molecule has 1 atom stereocenters. The Kier molecular flexibility index (Phi) is 4.79. The number of carbonyl (C=O) groups excluding carboxylic acids is 2. The molecule has 6 nitrogen and oxygen atoms in total. The number of nitrogens with one attached hydrogen (secondary N) is 1. The minimum Gasteiger partial charge on any atom is -0.485 e. The first kappa shape index (κ1) is 17.1. The summed E-state index contributed by atoms with van der Waals surface area (Å²) in [7, 11) is 1.75. The van der Waals surface area contributed by atoms with E-state index in [4.69, 9.17) is 4.74 Å². The van der Waals surface area contributed by atoms with E-state index in [0.717, 1.165) is 24.5 Å². The first-order chi connectivity index (χ1) is 12.0. The molecule has 1 aliphatic rings.